The van der Waals surface area contributed by atoms with Gasteiger partial charge in [0.15, 0.2) is 5.82 Å². The van der Waals surface area contributed by atoms with Crippen LogP contribution in [0.15, 0.2) is 29.6 Å². The summed E-state index contributed by atoms with van der Waals surface area (Å²) in [4.78, 5) is 8.95. The van der Waals surface area contributed by atoms with E-state index in [1.165, 1.54) is 17.4 Å². The van der Waals surface area contributed by atoms with Crippen molar-refractivity contribution in [2.75, 3.05) is 5.73 Å². The Balaban J connectivity index is 2.24. The summed E-state index contributed by atoms with van der Waals surface area (Å²) in [5.41, 5.74) is 5.92. The van der Waals surface area contributed by atoms with Crippen molar-refractivity contribution in [2.24, 2.45) is 0 Å². The molecule has 0 saturated carbocycles. The molecule has 0 aliphatic rings. The van der Waals surface area contributed by atoms with Crippen LogP contribution < -0.4 is 5.73 Å². The number of halogens is 2. The zero-order valence-electron chi connectivity index (χ0n) is 9.02. The number of fused-ring (bicyclic) bond motifs is 1. The minimum atomic E-state index is -0.703. The first kappa shape index (κ1) is 11.0. The number of benzene rings is 1. The van der Waals surface area contributed by atoms with Gasteiger partial charge in [-0.05, 0) is 23.6 Å². The van der Waals surface area contributed by atoms with E-state index >= 15 is 0 Å². The first-order chi connectivity index (χ1) is 8.65. The van der Waals surface area contributed by atoms with Gasteiger partial charge in [0, 0.05) is 6.07 Å². The molecule has 0 aliphatic heterocycles. The van der Waals surface area contributed by atoms with Gasteiger partial charge in [-0.2, -0.15) is 0 Å². The van der Waals surface area contributed by atoms with Crippen LogP contribution in [0.3, 0.4) is 0 Å². The summed E-state index contributed by atoms with van der Waals surface area (Å²) in [6, 6.07) is 5.07. The van der Waals surface area contributed by atoms with E-state index in [0.29, 0.717) is 10.6 Å². The van der Waals surface area contributed by atoms with E-state index < -0.39 is 11.6 Å². The topological polar surface area (TPSA) is 51.8 Å². The van der Waals surface area contributed by atoms with Gasteiger partial charge >= 0.3 is 0 Å². The first-order valence-electron chi connectivity index (χ1n) is 5.11. The molecular weight excluding hydrogens is 256 g/mol. The molecule has 0 unspecified atom stereocenters. The van der Waals surface area contributed by atoms with Crippen molar-refractivity contribution in [3.8, 4) is 11.4 Å². The van der Waals surface area contributed by atoms with E-state index in [9.17, 15) is 8.78 Å². The number of thiophene rings is 1. The molecule has 18 heavy (non-hydrogen) atoms. The van der Waals surface area contributed by atoms with Gasteiger partial charge in [0.05, 0.1) is 10.9 Å². The van der Waals surface area contributed by atoms with Crippen LogP contribution in [0.4, 0.5) is 14.6 Å². The molecule has 3 rings (SSSR count). The zero-order valence-corrected chi connectivity index (χ0v) is 9.84. The van der Waals surface area contributed by atoms with Gasteiger partial charge in [0.25, 0.3) is 0 Å². The maximum absolute atomic E-state index is 13.6. The van der Waals surface area contributed by atoms with Gasteiger partial charge in [-0.15, -0.1) is 11.3 Å². The number of aromatic nitrogens is 2. The lowest BCUT2D eigenvalue weighted by atomic mass is 10.2. The molecule has 0 saturated heterocycles. The van der Waals surface area contributed by atoms with Crippen LogP contribution in [-0.2, 0) is 0 Å². The first-order valence-corrected chi connectivity index (χ1v) is 5.99. The minimum absolute atomic E-state index is 0.137. The Morgan fingerprint density at radius 2 is 1.94 bits per heavy atom. The third-order valence-electron chi connectivity index (χ3n) is 2.53. The highest BCUT2D eigenvalue weighted by atomic mass is 32.1. The minimum Gasteiger partial charge on any atom is -0.383 e. The van der Waals surface area contributed by atoms with Crippen molar-refractivity contribution >= 4 is 27.4 Å². The highest BCUT2D eigenvalue weighted by molar-refractivity contribution is 7.16. The molecule has 6 heteroatoms. The van der Waals surface area contributed by atoms with Crippen LogP contribution in [0.25, 0.3) is 21.6 Å². The SMILES string of the molecule is Nc1nc(-c2ccc(F)cc2F)nc2sccc12. The van der Waals surface area contributed by atoms with Crippen molar-refractivity contribution in [1.29, 1.82) is 0 Å². The Morgan fingerprint density at radius 1 is 1.11 bits per heavy atom. The number of nitrogens with two attached hydrogens (primary N) is 1. The van der Waals surface area contributed by atoms with E-state index in [0.717, 1.165) is 17.5 Å². The van der Waals surface area contributed by atoms with Gasteiger partial charge in [0.1, 0.15) is 22.3 Å². The molecule has 0 atom stereocenters. The molecule has 90 valence electrons. The Bertz CT molecular complexity index is 739. The van der Waals surface area contributed by atoms with Crippen molar-refractivity contribution < 1.29 is 8.78 Å². The Kier molecular flexibility index (Phi) is 2.45. The van der Waals surface area contributed by atoms with Crippen LogP contribution in [0.5, 0.6) is 0 Å². The van der Waals surface area contributed by atoms with Crippen molar-refractivity contribution in [3.05, 3.63) is 41.3 Å². The second-order valence-corrected chi connectivity index (χ2v) is 4.59. The van der Waals surface area contributed by atoms with Crippen LogP contribution in [0.2, 0.25) is 0 Å². The zero-order chi connectivity index (χ0) is 12.7. The van der Waals surface area contributed by atoms with Gasteiger partial charge in [-0.3, -0.25) is 0 Å². The average molecular weight is 263 g/mol. The molecule has 2 heterocycles. The summed E-state index contributed by atoms with van der Waals surface area (Å²) in [7, 11) is 0. The Labute approximate surface area is 105 Å². The largest absolute Gasteiger partial charge is 0.383 e. The molecular formula is C12H7F2N3S. The fraction of sp³-hybridized carbons (Fsp3) is 0. The quantitative estimate of drug-likeness (QED) is 0.733. The van der Waals surface area contributed by atoms with Crippen LogP contribution >= 0.6 is 11.3 Å². The highest BCUT2D eigenvalue weighted by Gasteiger charge is 2.12. The van der Waals surface area contributed by atoms with Crippen LogP contribution in [-0.4, -0.2) is 9.97 Å². The number of nitrogen functional groups attached to an aromatic ring is 1. The second-order valence-electron chi connectivity index (χ2n) is 3.70. The molecule has 2 N–H and O–H groups in total. The van der Waals surface area contributed by atoms with E-state index in [1.807, 2.05) is 5.38 Å². The normalized spacial score (nSPS) is 11.0. The molecule has 0 amide bonds. The maximum atomic E-state index is 13.6. The predicted octanol–water partition coefficient (Wildman–Crippen LogP) is 3.22. The molecule has 0 radical (unpaired) electrons. The monoisotopic (exact) mass is 263 g/mol. The number of hydrogen-bond donors (Lipinski definition) is 1. The summed E-state index contributed by atoms with van der Waals surface area (Å²) in [6.45, 7) is 0. The van der Waals surface area contributed by atoms with E-state index in [1.54, 1.807) is 6.07 Å². The van der Waals surface area contributed by atoms with Gasteiger partial charge in [-0.25, -0.2) is 18.7 Å². The number of hydrogen-bond acceptors (Lipinski definition) is 4. The third kappa shape index (κ3) is 1.70. The van der Waals surface area contributed by atoms with Crippen LogP contribution in [0, 0.1) is 11.6 Å². The molecule has 0 spiro atoms. The molecule has 3 aromatic rings. The second kappa shape index (κ2) is 3.99. The summed E-state index contributed by atoms with van der Waals surface area (Å²) in [6.07, 6.45) is 0. The van der Waals surface area contributed by atoms with E-state index in [-0.39, 0.29) is 11.4 Å². The number of rotatable bonds is 1. The lowest BCUT2D eigenvalue weighted by Gasteiger charge is -2.03. The van der Waals surface area contributed by atoms with Gasteiger partial charge in [0.2, 0.25) is 0 Å². The molecule has 0 fully saturated rings. The number of anilines is 1. The smallest absolute Gasteiger partial charge is 0.166 e. The number of nitrogens with zero attached hydrogens (tertiary/aromatic N) is 2. The highest BCUT2D eigenvalue weighted by Crippen LogP contribution is 2.27. The summed E-state index contributed by atoms with van der Waals surface area (Å²) >= 11 is 1.39. The van der Waals surface area contributed by atoms with Gasteiger partial charge < -0.3 is 5.73 Å². The van der Waals surface area contributed by atoms with Crippen molar-refractivity contribution in [3.63, 3.8) is 0 Å². The van der Waals surface area contributed by atoms with Gasteiger partial charge in [-0.1, -0.05) is 0 Å². The Hall–Kier alpha value is -2.08. The molecule has 0 bridgehead atoms. The predicted molar refractivity (Wildman–Crippen MR) is 67.2 cm³/mol. The summed E-state index contributed by atoms with van der Waals surface area (Å²) in [5, 5.41) is 2.58. The molecule has 3 nitrogen and oxygen atoms in total. The Morgan fingerprint density at radius 3 is 2.72 bits per heavy atom. The third-order valence-corrected chi connectivity index (χ3v) is 3.33. The van der Waals surface area contributed by atoms with Crippen molar-refractivity contribution in [1.82, 2.24) is 9.97 Å². The van der Waals surface area contributed by atoms with Crippen molar-refractivity contribution in [2.45, 2.75) is 0 Å². The standard InChI is InChI=1S/C12H7F2N3S/c13-6-1-2-7(9(14)5-6)11-16-10(15)8-3-4-18-12(8)17-11/h1-5H,(H2,15,16,17). The van der Waals surface area contributed by atoms with E-state index in [4.69, 9.17) is 5.73 Å². The fourth-order valence-corrected chi connectivity index (χ4v) is 2.44. The van der Waals surface area contributed by atoms with Crippen LogP contribution in [0.1, 0.15) is 0 Å². The lowest BCUT2D eigenvalue weighted by Crippen LogP contribution is -1.97. The molecule has 0 aliphatic carbocycles. The average Bonchev–Trinajstić information content (AvgIpc) is 2.77. The maximum Gasteiger partial charge on any atom is 0.166 e. The summed E-state index contributed by atoms with van der Waals surface area (Å²) in [5.74, 6) is -0.883. The fourth-order valence-electron chi connectivity index (χ4n) is 1.67. The summed E-state index contributed by atoms with van der Waals surface area (Å²) < 4.78 is 26.5. The molecule has 1 aromatic carbocycles. The lowest BCUT2D eigenvalue weighted by molar-refractivity contribution is 0.585. The van der Waals surface area contributed by atoms with E-state index in [2.05, 4.69) is 9.97 Å². The molecule has 2 aromatic heterocycles.